The molecule has 0 aliphatic carbocycles. The van der Waals surface area contributed by atoms with Crippen LogP contribution in [0.1, 0.15) is 77.6 Å². The van der Waals surface area contributed by atoms with Crippen molar-refractivity contribution in [3.8, 4) is 0 Å². The van der Waals surface area contributed by atoms with Gasteiger partial charge in [-0.05, 0) is 38.5 Å². The molecule has 0 rings (SSSR count). The van der Waals surface area contributed by atoms with Gasteiger partial charge in [0.05, 0.1) is 10.5 Å². The Kier molecular flexibility index (Phi) is 11.8. The topological polar surface area (TPSA) is 109 Å². The van der Waals surface area contributed by atoms with Gasteiger partial charge in [0.25, 0.3) is 20.2 Å². The third-order valence-electron chi connectivity index (χ3n) is 4.19. The van der Waals surface area contributed by atoms with E-state index in [0.29, 0.717) is 51.4 Å². The molecule has 2 unspecified atom stereocenters. The maximum Gasteiger partial charge on any atom is 0.267 e. The number of rotatable bonds is 15. The summed E-state index contributed by atoms with van der Waals surface area (Å²) < 4.78 is 63.5. The van der Waals surface area contributed by atoms with Crippen molar-refractivity contribution in [1.29, 1.82) is 0 Å². The summed E-state index contributed by atoms with van der Waals surface area (Å²) in [6.07, 6.45) is 8.44. The molecule has 24 heavy (non-hydrogen) atoms. The largest absolute Gasteiger partial charge is 0.285 e. The van der Waals surface area contributed by atoms with Gasteiger partial charge in [-0.2, -0.15) is 16.8 Å². The second kappa shape index (κ2) is 12.0. The quantitative estimate of drug-likeness (QED) is 0.251. The summed E-state index contributed by atoms with van der Waals surface area (Å²) in [7, 11) is -8.01. The average molecular weight is 385 g/mol. The Morgan fingerprint density at radius 2 is 1.21 bits per heavy atom. The van der Waals surface area contributed by atoms with Crippen LogP contribution in [-0.4, -0.2) is 36.4 Å². The lowest BCUT2D eigenvalue weighted by molar-refractivity contribution is 0.439. The van der Waals surface area contributed by atoms with Crippen LogP contribution in [0.3, 0.4) is 0 Å². The molecule has 0 aromatic rings. The molecule has 0 radical (unpaired) electrons. The molecule has 0 spiro atoms. The average Bonchev–Trinajstić information content (AvgIpc) is 2.45. The molecule has 0 saturated carbocycles. The van der Waals surface area contributed by atoms with E-state index in [0.717, 1.165) is 19.3 Å². The first-order chi connectivity index (χ1) is 11.1. The highest BCUT2D eigenvalue weighted by atomic mass is 32.2. The first-order valence-corrected chi connectivity index (χ1v) is 11.7. The van der Waals surface area contributed by atoms with Crippen molar-refractivity contribution < 1.29 is 25.9 Å². The lowest BCUT2D eigenvalue weighted by Crippen LogP contribution is -2.20. The zero-order chi connectivity index (χ0) is 18.6. The molecule has 0 heterocycles. The first-order valence-electron chi connectivity index (χ1n) is 8.66. The molecule has 144 valence electrons. The summed E-state index contributed by atoms with van der Waals surface area (Å²) in [5.41, 5.74) is 0. The Morgan fingerprint density at radius 1 is 0.792 bits per heavy atom. The molecular weight excluding hydrogens is 352 g/mol. The van der Waals surface area contributed by atoms with Gasteiger partial charge in [0.2, 0.25) is 0 Å². The second-order valence-corrected chi connectivity index (χ2v) is 9.67. The third kappa shape index (κ3) is 11.2. The molecule has 2 N–H and O–H groups in total. The van der Waals surface area contributed by atoms with E-state index in [9.17, 15) is 21.4 Å². The molecule has 2 atom stereocenters. The fraction of sp³-hybridized carbons (Fsp3) is 0.875. The Balaban J connectivity index is 4.10. The van der Waals surface area contributed by atoms with E-state index in [1.807, 2.05) is 6.92 Å². The van der Waals surface area contributed by atoms with Crippen LogP contribution >= 0.6 is 0 Å². The lowest BCUT2D eigenvalue weighted by Gasteiger charge is -2.14. The van der Waals surface area contributed by atoms with Gasteiger partial charge in [0.15, 0.2) is 0 Å². The van der Waals surface area contributed by atoms with E-state index < -0.39 is 30.7 Å². The number of hydrogen-bond donors (Lipinski definition) is 2. The van der Waals surface area contributed by atoms with Gasteiger partial charge in [0, 0.05) is 0 Å². The van der Waals surface area contributed by atoms with E-state index in [-0.39, 0.29) is 0 Å². The predicted octanol–water partition coefficient (Wildman–Crippen LogP) is 4.00. The predicted molar refractivity (Wildman–Crippen MR) is 97.3 cm³/mol. The highest BCUT2D eigenvalue weighted by Crippen LogP contribution is 2.19. The maximum absolute atomic E-state index is 11.4. The van der Waals surface area contributed by atoms with Crippen molar-refractivity contribution in [2.24, 2.45) is 0 Å². The fourth-order valence-electron chi connectivity index (χ4n) is 2.79. The molecule has 0 amide bonds. The SMILES string of the molecule is C=CCCCC(CCCCCCC(CCC)S(=O)(=O)O)S(=O)(=O)O. The highest BCUT2D eigenvalue weighted by molar-refractivity contribution is 7.86. The molecule has 0 aliphatic heterocycles. The Labute approximate surface area is 147 Å². The van der Waals surface area contributed by atoms with Gasteiger partial charge in [-0.15, -0.1) is 6.58 Å². The Hall–Kier alpha value is -0.440. The van der Waals surface area contributed by atoms with E-state index in [4.69, 9.17) is 4.55 Å². The van der Waals surface area contributed by atoms with Crippen LogP contribution < -0.4 is 0 Å². The molecule has 6 nitrogen and oxygen atoms in total. The minimum atomic E-state index is -4.02. The van der Waals surface area contributed by atoms with E-state index in [2.05, 4.69) is 6.58 Å². The summed E-state index contributed by atoms with van der Waals surface area (Å²) in [5.74, 6) is 0. The third-order valence-corrected chi connectivity index (χ3v) is 6.82. The van der Waals surface area contributed by atoms with Gasteiger partial charge in [-0.3, -0.25) is 9.11 Å². The molecule has 0 aromatic carbocycles. The number of unbranched alkanes of at least 4 members (excludes halogenated alkanes) is 4. The monoisotopic (exact) mass is 384 g/mol. The van der Waals surface area contributed by atoms with Crippen LogP contribution in [0.4, 0.5) is 0 Å². The van der Waals surface area contributed by atoms with Crippen molar-refractivity contribution in [3.63, 3.8) is 0 Å². The second-order valence-electron chi connectivity index (χ2n) is 6.27. The smallest absolute Gasteiger partial charge is 0.267 e. The van der Waals surface area contributed by atoms with Crippen LogP contribution in [0.2, 0.25) is 0 Å². The maximum atomic E-state index is 11.4. The van der Waals surface area contributed by atoms with Crippen LogP contribution in [0.25, 0.3) is 0 Å². The van der Waals surface area contributed by atoms with Crippen LogP contribution in [-0.2, 0) is 20.2 Å². The van der Waals surface area contributed by atoms with Crippen molar-refractivity contribution in [1.82, 2.24) is 0 Å². The van der Waals surface area contributed by atoms with Gasteiger partial charge >= 0.3 is 0 Å². The zero-order valence-corrected chi connectivity index (χ0v) is 16.2. The molecule has 0 aliphatic rings. The van der Waals surface area contributed by atoms with Crippen LogP contribution in [0.15, 0.2) is 12.7 Å². The fourth-order valence-corrected chi connectivity index (χ4v) is 4.72. The molecule has 0 saturated heterocycles. The van der Waals surface area contributed by atoms with Crippen LogP contribution in [0, 0.1) is 0 Å². The van der Waals surface area contributed by atoms with Crippen LogP contribution in [0.5, 0.6) is 0 Å². The number of hydrogen-bond acceptors (Lipinski definition) is 4. The van der Waals surface area contributed by atoms with Crippen molar-refractivity contribution >= 4 is 20.2 Å². The summed E-state index contributed by atoms with van der Waals surface area (Å²) in [6.45, 7) is 5.46. The van der Waals surface area contributed by atoms with E-state index in [1.54, 1.807) is 6.08 Å². The lowest BCUT2D eigenvalue weighted by atomic mass is 10.0. The summed E-state index contributed by atoms with van der Waals surface area (Å²) >= 11 is 0. The van der Waals surface area contributed by atoms with E-state index in [1.165, 1.54) is 0 Å². The number of allylic oxidation sites excluding steroid dienone is 1. The Bertz CT molecular complexity index is 539. The first kappa shape index (κ1) is 23.6. The summed E-state index contributed by atoms with van der Waals surface area (Å²) in [5, 5.41) is -1.44. The van der Waals surface area contributed by atoms with Gasteiger partial charge in [-0.25, -0.2) is 0 Å². The van der Waals surface area contributed by atoms with Crippen molar-refractivity contribution in [2.45, 2.75) is 88.1 Å². The molecule has 0 bridgehead atoms. The molecule has 8 heteroatoms. The van der Waals surface area contributed by atoms with E-state index >= 15 is 0 Å². The molecule has 0 aromatic heterocycles. The normalized spacial score (nSPS) is 15.1. The highest BCUT2D eigenvalue weighted by Gasteiger charge is 2.22. The van der Waals surface area contributed by atoms with Crippen molar-refractivity contribution in [3.05, 3.63) is 12.7 Å². The molecular formula is C16H32O6S2. The summed E-state index contributed by atoms with van der Waals surface area (Å²) in [6, 6.07) is 0. The van der Waals surface area contributed by atoms with Gasteiger partial charge in [0.1, 0.15) is 0 Å². The minimum Gasteiger partial charge on any atom is -0.285 e. The van der Waals surface area contributed by atoms with Crippen molar-refractivity contribution in [2.75, 3.05) is 0 Å². The molecule has 0 fully saturated rings. The van der Waals surface area contributed by atoms with Gasteiger partial charge in [-0.1, -0.05) is 45.1 Å². The standard InChI is InChI=1S/C16H32O6S2/c1-3-5-8-12-16(24(20,21)22)14-10-7-6-9-13-15(11-4-2)23(17,18)19/h3,15-16H,1,4-14H2,2H3,(H,17,18,19)(H,20,21,22). The van der Waals surface area contributed by atoms with Gasteiger partial charge < -0.3 is 0 Å². The zero-order valence-electron chi connectivity index (χ0n) is 14.6. The Morgan fingerprint density at radius 3 is 1.58 bits per heavy atom. The minimum absolute atomic E-state index is 0.409. The summed E-state index contributed by atoms with van der Waals surface area (Å²) in [4.78, 5) is 0.